The van der Waals surface area contributed by atoms with E-state index in [2.05, 4.69) is 41.8 Å². The Morgan fingerprint density at radius 3 is 2.43 bits per heavy atom. The molecule has 0 bridgehead atoms. The highest BCUT2D eigenvalue weighted by atomic mass is 127. The maximum absolute atomic E-state index is 10.4. The molecule has 0 atom stereocenters. The molecule has 1 heterocycles. The number of hydrogen-bond donors (Lipinski definition) is 2. The molecule has 0 aromatic carbocycles. The number of nitrogens with zero attached hydrogens (tertiary/aromatic N) is 3. The van der Waals surface area contributed by atoms with Gasteiger partial charge in [0, 0.05) is 37.0 Å². The van der Waals surface area contributed by atoms with E-state index in [1.165, 1.54) is 5.69 Å². The van der Waals surface area contributed by atoms with Gasteiger partial charge in [-0.1, -0.05) is 13.8 Å². The first-order valence-electron chi connectivity index (χ1n) is 7.87. The van der Waals surface area contributed by atoms with Crippen molar-refractivity contribution in [1.82, 2.24) is 14.8 Å². The van der Waals surface area contributed by atoms with Crippen LogP contribution in [0.25, 0.3) is 0 Å². The molecule has 5 nitrogen and oxygen atoms in total. The van der Waals surface area contributed by atoms with Gasteiger partial charge in [0.05, 0.1) is 18.7 Å². The van der Waals surface area contributed by atoms with Gasteiger partial charge in [-0.05, 0) is 41.8 Å². The second-order valence-electron chi connectivity index (χ2n) is 5.72. The Balaban J connectivity index is 0.00000484. The Labute approximate surface area is 165 Å². The summed E-state index contributed by atoms with van der Waals surface area (Å²) in [5.41, 5.74) is 0.483. The molecule has 0 saturated heterocycles. The van der Waals surface area contributed by atoms with Gasteiger partial charge in [-0.2, -0.15) is 0 Å². The zero-order valence-corrected chi connectivity index (χ0v) is 18.7. The van der Waals surface area contributed by atoms with Crippen molar-refractivity contribution in [2.45, 2.75) is 45.8 Å². The normalized spacial score (nSPS) is 12.0. The Bertz CT molecular complexity index is 500. The second kappa shape index (κ2) is 10.6. The Morgan fingerprint density at radius 1 is 1.39 bits per heavy atom. The molecule has 0 unspecified atom stereocenters. The predicted molar refractivity (Wildman–Crippen MR) is 112 cm³/mol. The lowest BCUT2D eigenvalue weighted by atomic mass is 9.98. The molecule has 2 N–H and O–H groups in total. The Hall–Kier alpha value is -0.280. The number of guanidine groups is 1. The summed E-state index contributed by atoms with van der Waals surface area (Å²) in [5, 5.41) is 13.7. The van der Waals surface area contributed by atoms with Gasteiger partial charge < -0.3 is 19.9 Å². The topological polar surface area (TPSA) is 52.8 Å². The molecule has 0 aliphatic heterocycles. The lowest BCUT2D eigenvalue weighted by Gasteiger charge is -2.26. The van der Waals surface area contributed by atoms with Gasteiger partial charge in [-0.3, -0.25) is 4.99 Å². The molecule has 1 aromatic heterocycles. The fourth-order valence-corrected chi connectivity index (χ4v) is 2.78. The number of aromatic nitrogens is 1. The Morgan fingerprint density at radius 2 is 2.00 bits per heavy atom. The molecule has 0 saturated carbocycles. The first-order chi connectivity index (χ1) is 10.3. The third kappa shape index (κ3) is 7.01. The van der Waals surface area contributed by atoms with E-state index in [1.54, 1.807) is 0 Å². The Kier molecular flexibility index (Phi) is 10.4. The van der Waals surface area contributed by atoms with E-state index in [9.17, 15) is 5.11 Å². The maximum Gasteiger partial charge on any atom is 0.194 e. The van der Waals surface area contributed by atoms with E-state index >= 15 is 0 Å². The molecule has 0 fully saturated rings. The fraction of sp³-hybridized carbons (Fsp3) is 0.688. The van der Waals surface area contributed by atoms with Gasteiger partial charge in [0.1, 0.15) is 0 Å². The summed E-state index contributed by atoms with van der Waals surface area (Å²) in [6.07, 6.45) is 3.46. The molecule has 0 spiro atoms. The van der Waals surface area contributed by atoms with Crippen molar-refractivity contribution >= 4 is 45.9 Å². The quantitative estimate of drug-likeness (QED) is 0.343. The highest BCUT2D eigenvalue weighted by Gasteiger charge is 2.22. The van der Waals surface area contributed by atoms with Crippen LogP contribution in [0.15, 0.2) is 21.7 Å². The monoisotopic (exact) mass is 500 g/mol. The highest BCUT2D eigenvalue weighted by Crippen LogP contribution is 2.16. The van der Waals surface area contributed by atoms with E-state index in [-0.39, 0.29) is 24.0 Å². The number of hydrogen-bond acceptors (Lipinski definition) is 2. The van der Waals surface area contributed by atoms with E-state index in [4.69, 9.17) is 0 Å². The molecule has 0 amide bonds. The number of nitrogens with one attached hydrogen (secondary N) is 1. The molecule has 23 heavy (non-hydrogen) atoms. The second-order valence-corrected chi connectivity index (χ2v) is 6.63. The molecular weight excluding hydrogens is 471 g/mol. The van der Waals surface area contributed by atoms with Crippen LogP contribution in [0, 0.1) is 0 Å². The van der Waals surface area contributed by atoms with E-state index in [0.717, 1.165) is 23.5 Å². The summed E-state index contributed by atoms with van der Waals surface area (Å²) in [5.74, 6) is 0.820. The average Bonchev–Trinajstić information content (AvgIpc) is 2.80. The third-order valence-corrected chi connectivity index (χ3v) is 4.44. The van der Waals surface area contributed by atoms with E-state index in [1.807, 2.05) is 41.1 Å². The summed E-state index contributed by atoms with van der Waals surface area (Å²) in [7, 11) is 4.05. The van der Waals surface area contributed by atoms with Crippen LogP contribution in [0.3, 0.4) is 0 Å². The lowest BCUT2D eigenvalue weighted by molar-refractivity contribution is 0.0416. The molecule has 0 radical (unpaired) electrons. The minimum Gasteiger partial charge on any atom is -0.388 e. The molecule has 0 aliphatic carbocycles. The van der Waals surface area contributed by atoms with Crippen molar-refractivity contribution in [2.75, 3.05) is 20.1 Å². The van der Waals surface area contributed by atoms with Crippen LogP contribution in [-0.4, -0.2) is 46.3 Å². The van der Waals surface area contributed by atoms with Crippen LogP contribution in [0.2, 0.25) is 0 Å². The predicted octanol–water partition coefficient (Wildman–Crippen LogP) is 3.35. The summed E-state index contributed by atoms with van der Waals surface area (Å²) in [4.78, 5) is 6.70. The van der Waals surface area contributed by atoms with Crippen LogP contribution < -0.4 is 5.32 Å². The number of aryl methyl sites for hydroxylation is 1. The van der Waals surface area contributed by atoms with Crippen molar-refractivity contribution in [3.05, 3.63) is 22.4 Å². The van der Waals surface area contributed by atoms with E-state index < -0.39 is 5.60 Å². The number of halogens is 2. The van der Waals surface area contributed by atoms with Gasteiger partial charge in [-0.15, -0.1) is 24.0 Å². The van der Waals surface area contributed by atoms with Crippen molar-refractivity contribution in [2.24, 2.45) is 12.0 Å². The van der Waals surface area contributed by atoms with Crippen LogP contribution in [0.5, 0.6) is 0 Å². The van der Waals surface area contributed by atoms with Crippen LogP contribution in [0.4, 0.5) is 0 Å². The van der Waals surface area contributed by atoms with Gasteiger partial charge in [0.2, 0.25) is 0 Å². The summed E-state index contributed by atoms with van der Waals surface area (Å²) in [6.45, 7) is 8.02. The number of aliphatic hydroxyl groups is 1. The van der Waals surface area contributed by atoms with Gasteiger partial charge in [-0.25, -0.2) is 0 Å². The molecule has 7 heteroatoms. The summed E-state index contributed by atoms with van der Waals surface area (Å²) in [6, 6.07) is 2.11. The van der Waals surface area contributed by atoms with Crippen molar-refractivity contribution in [3.63, 3.8) is 0 Å². The third-order valence-electron chi connectivity index (χ3n) is 4.01. The van der Waals surface area contributed by atoms with Crippen molar-refractivity contribution in [1.29, 1.82) is 0 Å². The van der Waals surface area contributed by atoms with E-state index in [0.29, 0.717) is 19.4 Å². The molecule has 1 aromatic rings. The molecular formula is C16H30BrIN4O. The van der Waals surface area contributed by atoms with Crippen LogP contribution in [-0.2, 0) is 13.6 Å². The number of rotatable bonds is 7. The maximum atomic E-state index is 10.4. The summed E-state index contributed by atoms with van der Waals surface area (Å²) >= 11 is 3.50. The molecule has 1 rings (SSSR count). The summed E-state index contributed by atoms with van der Waals surface area (Å²) < 4.78 is 3.17. The standard InChI is InChI=1S/C16H29BrN4O.HI/c1-6-16(22,7-2)12-19-15(18-8-3)21(5)11-14-9-13(17)10-20(14)4;/h9-10,22H,6-8,11-12H2,1-5H3,(H,18,19);1H. The fourth-order valence-electron chi connectivity index (χ4n) is 2.21. The highest BCUT2D eigenvalue weighted by molar-refractivity contribution is 14.0. The SMILES string of the molecule is CCNC(=NCC(O)(CC)CC)N(C)Cc1cc(Br)cn1C.I. The minimum atomic E-state index is -0.713. The smallest absolute Gasteiger partial charge is 0.194 e. The van der Waals surface area contributed by atoms with Crippen molar-refractivity contribution < 1.29 is 5.11 Å². The zero-order chi connectivity index (χ0) is 16.8. The van der Waals surface area contributed by atoms with Crippen molar-refractivity contribution in [3.8, 4) is 0 Å². The van der Waals surface area contributed by atoms with Crippen LogP contribution >= 0.6 is 39.9 Å². The molecule has 134 valence electrons. The van der Waals surface area contributed by atoms with Gasteiger partial charge in [0.15, 0.2) is 5.96 Å². The van der Waals surface area contributed by atoms with Crippen LogP contribution in [0.1, 0.15) is 39.3 Å². The zero-order valence-electron chi connectivity index (χ0n) is 14.8. The minimum absolute atomic E-state index is 0. The van der Waals surface area contributed by atoms with Gasteiger partial charge in [0.25, 0.3) is 0 Å². The average molecular weight is 501 g/mol. The number of aliphatic imine (C=N–C) groups is 1. The largest absolute Gasteiger partial charge is 0.388 e. The first-order valence-corrected chi connectivity index (χ1v) is 8.67. The lowest BCUT2D eigenvalue weighted by Crippen LogP contribution is -2.40. The first kappa shape index (κ1) is 22.7. The van der Waals surface area contributed by atoms with Gasteiger partial charge >= 0.3 is 0 Å². The molecule has 0 aliphatic rings.